The summed E-state index contributed by atoms with van der Waals surface area (Å²) in [7, 11) is 1.65. The number of aromatic nitrogens is 1. The van der Waals surface area contributed by atoms with E-state index < -0.39 is 0 Å². The second kappa shape index (κ2) is 6.34. The van der Waals surface area contributed by atoms with E-state index in [0.717, 1.165) is 19.4 Å². The normalized spacial score (nSPS) is 20.6. The van der Waals surface area contributed by atoms with Gasteiger partial charge < -0.3 is 14.8 Å². The van der Waals surface area contributed by atoms with Gasteiger partial charge in [0.25, 0.3) is 0 Å². The molecule has 1 fully saturated rings. The highest BCUT2D eigenvalue weighted by molar-refractivity contribution is 7.10. The maximum Gasteiger partial charge on any atom is 0.162 e. The van der Waals surface area contributed by atoms with Crippen molar-refractivity contribution in [3.05, 3.63) is 10.7 Å². The Morgan fingerprint density at radius 2 is 2.61 bits per heavy atom. The smallest absolute Gasteiger partial charge is 0.162 e. The minimum Gasteiger partial charge on any atom is -0.382 e. The number of nitrogens with one attached hydrogen (secondary N) is 1. The Morgan fingerprint density at radius 3 is 3.22 bits per heavy atom. The Balaban J connectivity index is 2.10. The summed E-state index contributed by atoms with van der Waals surface area (Å²) in [6.45, 7) is 1.30. The molecule has 98 valence electrons. The molecule has 2 heterocycles. The third-order valence-corrected chi connectivity index (χ3v) is 3.99. The standard InChI is InChI=1S/C11H14ClN3O2S/c1-16-6-8(9-3-2-4-17-9)14-11-7(5-13)10(12)15-18-11/h8-9,14H,2-4,6H2,1H3/t8-,9+/m1/s1. The molecule has 1 aliphatic rings. The third kappa shape index (κ3) is 2.93. The molecule has 1 aromatic heterocycles. The van der Waals surface area contributed by atoms with Crippen LogP contribution in [0.4, 0.5) is 5.00 Å². The van der Waals surface area contributed by atoms with Crippen LogP contribution < -0.4 is 5.32 Å². The molecule has 1 aliphatic heterocycles. The number of anilines is 1. The minimum absolute atomic E-state index is 0.0149. The number of nitriles is 1. The molecule has 0 saturated carbocycles. The van der Waals surface area contributed by atoms with Gasteiger partial charge in [-0.05, 0) is 24.4 Å². The Bertz CT molecular complexity index is 440. The van der Waals surface area contributed by atoms with Crippen LogP contribution in [0.25, 0.3) is 0 Å². The average Bonchev–Trinajstić information content (AvgIpc) is 2.98. The Morgan fingerprint density at radius 1 is 1.78 bits per heavy atom. The van der Waals surface area contributed by atoms with Gasteiger partial charge in [-0.25, -0.2) is 0 Å². The molecule has 0 unspecified atom stereocenters. The van der Waals surface area contributed by atoms with E-state index in [-0.39, 0.29) is 17.3 Å². The molecule has 0 amide bonds. The second-order valence-electron chi connectivity index (χ2n) is 4.05. The third-order valence-electron chi connectivity index (χ3n) is 2.84. The largest absolute Gasteiger partial charge is 0.382 e. The number of hydrogen-bond donors (Lipinski definition) is 1. The van der Waals surface area contributed by atoms with E-state index in [2.05, 4.69) is 15.8 Å². The van der Waals surface area contributed by atoms with Crippen LogP contribution in [0, 0.1) is 11.3 Å². The molecule has 0 aliphatic carbocycles. The van der Waals surface area contributed by atoms with E-state index >= 15 is 0 Å². The van der Waals surface area contributed by atoms with Crippen LogP contribution in [0.1, 0.15) is 18.4 Å². The Hall–Kier alpha value is -0.870. The van der Waals surface area contributed by atoms with E-state index in [1.807, 2.05) is 0 Å². The van der Waals surface area contributed by atoms with Gasteiger partial charge >= 0.3 is 0 Å². The lowest BCUT2D eigenvalue weighted by atomic mass is 10.1. The first-order valence-electron chi connectivity index (χ1n) is 5.68. The first-order chi connectivity index (χ1) is 8.76. The molecule has 1 N–H and O–H groups in total. The predicted molar refractivity (Wildman–Crippen MR) is 70.1 cm³/mol. The van der Waals surface area contributed by atoms with Gasteiger partial charge in [0, 0.05) is 13.7 Å². The van der Waals surface area contributed by atoms with Gasteiger partial charge in [-0.2, -0.15) is 9.64 Å². The maximum absolute atomic E-state index is 9.03. The SMILES string of the molecule is COC[C@@H](Nc1snc(Cl)c1C#N)[C@@H]1CCCO1. The summed E-state index contributed by atoms with van der Waals surface area (Å²) in [5, 5.41) is 13.2. The minimum atomic E-state index is 0.0149. The van der Waals surface area contributed by atoms with Gasteiger partial charge in [0.2, 0.25) is 0 Å². The molecule has 1 saturated heterocycles. The zero-order valence-electron chi connectivity index (χ0n) is 9.98. The maximum atomic E-state index is 9.03. The fourth-order valence-corrected chi connectivity index (χ4v) is 2.97. The van der Waals surface area contributed by atoms with Gasteiger partial charge in [0.1, 0.15) is 16.6 Å². The van der Waals surface area contributed by atoms with Gasteiger partial charge in [-0.1, -0.05) is 11.6 Å². The number of methoxy groups -OCH3 is 1. The molecular formula is C11H14ClN3O2S. The first-order valence-corrected chi connectivity index (χ1v) is 6.83. The quantitative estimate of drug-likeness (QED) is 0.900. The lowest BCUT2D eigenvalue weighted by molar-refractivity contribution is 0.0639. The van der Waals surface area contributed by atoms with E-state index in [9.17, 15) is 0 Å². The summed E-state index contributed by atoms with van der Waals surface area (Å²) < 4.78 is 14.8. The zero-order valence-corrected chi connectivity index (χ0v) is 11.6. The number of halogens is 1. The Labute approximate surface area is 115 Å². The van der Waals surface area contributed by atoms with Crippen molar-refractivity contribution in [3.63, 3.8) is 0 Å². The van der Waals surface area contributed by atoms with Gasteiger partial charge in [-0.3, -0.25) is 0 Å². The van der Waals surface area contributed by atoms with Gasteiger partial charge in [-0.15, -0.1) is 0 Å². The van der Waals surface area contributed by atoms with Crippen molar-refractivity contribution in [1.82, 2.24) is 4.37 Å². The fraction of sp³-hybridized carbons (Fsp3) is 0.636. The van der Waals surface area contributed by atoms with Crippen molar-refractivity contribution >= 4 is 28.1 Å². The van der Waals surface area contributed by atoms with Gasteiger partial charge in [0.05, 0.1) is 18.8 Å². The fourth-order valence-electron chi connectivity index (χ4n) is 1.98. The van der Waals surface area contributed by atoms with Crippen LogP contribution in [0.15, 0.2) is 0 Å². The molecule has 18 heavy (non-hydrogen) atoms. The van der Waals surface area contributed by atoms with E-state index in [1.54, 1.807) is 7.11 Å². The highest BCUT2D eigenvalue weighted by atomic mass is 35.5. The first kappa shape index (κ1) is 13.6. The summed E-state index contributed by atoms with van der Waals surface area (Å²) in [6, 6.07) is 2.07. The highest BCUT2D eigenvalue weighted by Gasteiger charge is 2.27. The molecule has 2 atom stereocenters. The van der Waals surface area contributed by atoms with Crippen molar-refractivity contribution in [2.45, 2.75) is 25.0 Å². The highest BCUT2D eigenvalue weighted by Crippen LogP contribution is 2.29. The molecule has 0 spiro atoms. The molecule has 0 bridgehead atoms. The monoisotopic (exact) mass is 287 g/mol. The van der Waals surface area contributed by atoms with Crippen LogP contribution in [-0.4, -0.2) is 36.8 Å². The Kier molecular flexibility index (Phi) is 4.78. The van der Waals surface area contributed by atoms with Crippen LogP contribution in [0.3, 0.4) is 0 Å². The van der Waals surface area contributed by atoms with E-state index in [4.69, 9.17) is 26.3 Å². The predicted octanol–water partition coefficient (Wildman–Crippen LogP) is 2.27. The summed E-state index contributed by atoms with van der Waals surface area (Å²) in [6.07, 6.45) is 2.16. The van der Waals surface area contributed by atoms with Crippen molar-refractivity contribution < 1.29 is 9.47 Å². The summed E-state index contributed by atoms with van der Waals surface area (Å²) in [5.41, 5.74) is 0.390. The number of rotatable bonds is 5. The van der Waals surface area contributed by atoms with Crippen LogP contribution in [-0.2, 0) is 9.47 Å². The van der Waals surface area contributed by atoms with Crippen molar-refractivity contribution in [2.24, 2.45) is 0 Å². The van der Waals surface area contributed by atoms with Crippen molar-refractivity contribution in [3.8, 4) is 6.07 Å². The topological polar surface area (TPSA) is 67.2 Å². The summed E-state index contributed by atoms with van der Waals surface area (Å²) >= 11 is 7.03. The second-order valence-corrected chi connectivity index (χ2v) is 5.18. The molecular weight excluding hydrogens is 274 g/mol. The van der Waals surface area contributed by atoms with Crippen LogP contribution in [0.2, 0.25) is 5.15 Å². The van der Waals surface area contributed by atoms with Crippen LogP contribution >= 0.6 is 23.1 Å². The summed E-state index contributed by atoms with van der Waals surface area (Å²) in [4.78, 5) is 0. The molecule has 5 nitrogen and oxygen atoms in total. The van der Waals surface area contributed by atoms with Gasteiger partial charge in [0.15, 0.2) is 5.15 Å². The van der Waals surface area contributed by atoms with Crippen molar-refractivity contribution in [1.29, 1.82) is 5.26 Å². The molecule has 1 aromatic rings. The number of hydrogen-bond acceptors (Lipinski definition) is 6. The lowest BCUT2D eigenvalue weighted by Gasteiger charge is -2.23. The molecule has 0 radical (unpaired) electrons. The molecule has 0 aromatic carbocycles. The number of ether oxygens (including phenoxy) is 2. The molecule has 7 heteroatoms. The lowest BCUT2D eigenvalue weighted by Crippen LogP contribution is -2.37. The number of nitrogens with zero attached hydrogens (tertiary/aromatic N) is 2. The van der Waals surface area contributed by atoms with E-state index in [1.165, 1.54) is 11.5 Å². The van der Waals surface area contributed by atoms with E-state index in [0.29, 0.717) is 17.2 Å². The van der Waals surface area contributed by atoms with Crippen LogP contribution in [0.5, 0.6) is 0 Å². The molecule has 2 rings (SSSR count). The van der Waals surface area contributed by atoms with Crippen molar-refractivity contribution in [2.75, 3.05) is 25.6 Å². The summed E-state index contributed by atoms with van der Waals surface area (Å²) in [5.74, 6) is 0. The average molecular weight is 288 g/mol. The zero-order chi connectivity index (χ0) is 13.0.